The standard InChI is InChI=1S/C11H12FN5O/c1-18-9-4-7(2-3-8(9)12)15-10-5-14-6-11(16-10)17-13/h2-6H,13H2,1H3,(H2,15,16,17). The van der Waals surface area contributed by atoms with Gasteiger partial charge in [0, 0.05) is 11.8 Å². The van der Waals surface area contributed by atoms with Crippen LogP contribution in [0.15, 0.2) is 30.6 Å². The first-order valence-electron chi connectivity index (χ1n) is 5.12. The molecule has 0 atom stereocenters. The maximum Gasteiger partial charge on any atom is 0.165 e. The Morgan fingerprint density at radius 1 is 1.28 bits per heavy atom. The zero-order valence-electron chi connectivity index (χ0n) is 9.64. The Bertz CT molecular complexity index is 549. The van der Waals surface area contributed by atoms with E-state index >= 15 is 0 Å². The fourth-order valence-electron chi connectivity index (χ4n) is 1.38. The predicted octanol–water partition coefficient (Wildman–Crippen LogP) is 1.65. The number of halogens is 1. The number of rotatable bonds is 4. The number of aromatic nitrogens is 2. The van der Waals surface area contributed by atoms with Crippen LogP contribution in [0, 0.1) is 5.82 Å². The maximum atomic E-state index is 13.2. The van der Waals surface area contributed by atoms with Gasteiger partial charge in [-0.3, -0.25) is 4.98 Å². The van der Waals surface area contributed by atoms with Crippen LogP contribution in [0.2, 0.25) is 0 Å². The largest absolute Gasteiger partial charge is 0.494 e. The Balaban J connectivity index is 2.22. The molecule has 6 nitrogen and oxygen atoms in total. The van der Waals surface area contributed by atoms with E-state index in [1.807, 2.05) is 0 Å². The third kappa shape index (κ3) is 2.64. The Morgan fingerprint density at radius 3 is 2.78 bits per heavy atom. The fourth-order valence-corrected chi connectivity index (χ4v) is 1.38. The van der Waals surface area contributed by atoms with Gasteiger partial charge in [0.2, 0.25) is 0 Å². The third-order valence-electron chi connectivity index (χ3n) is 2.21. The third-order valence-corrected chi connectivity index (χ3v) is 2.21. The number of hydrogen-bond acceptors (Lipinski definition) is 6. The summed E-state index contributed by atoms with van der Waals surface area (Å²) in [4.78, 5) is 8.06. The molecule has 0 saturated heterocycles. The normalized spacial score (nSPS) is 9.94. The number of methoxy groups -OCH3 is 1. The number of nitrogens with two attached hydrogens (primary N) is 1. The minimum absolute atomic E-state index is 0.154. The molecule has 0 spiro atoms. The first-order valence-corrected chi connectivity index (χ1v) is 5.12. The molecule has 0 aliphatic heterocycles. The molecule has 0 bridgehead atoms. The van der Waals surface area contributed by atoms with Gasteiger partial charge in [-0.2, -0.15) is 0 Å². The van der Waals surface area contributed by atoms with Crippen molar-refractivity contribution in [2.24, 2.45) is 5.84 Å². The zero-order valence-corrected chi connectivity index (χ0v) is 9.64. The van der Waals surface area contributed by atoms with Crippen LogP contribution >= 0.6 is 0 Å². The van der Waals surface area contributed by atoms with Crippen LogP contribution in [0.1, 0.15) is 0 Å². The van der Waals surface area contributed by atoms with Crippen LogP contribution in [-0.2, 0) is 0 Å². The van der Waals surface area contributed by atoms with E-state index in [-0.39, 0.29) is 5.75 Å². The molecule has 0 amide bonds. The lowest BCUT2D eigenvalue weighted by Crippen LogP contribution is -2.09. The Kier molecular flexibility index (Phi) is 3.54. The van der Waals surface area contributed by atoms with Gasteiger partial charge in [0.15, 0.2) is 23.2 Å². The Labute approximate surface area is 103 Å². The predicted molar refractivity (Wildman–Crippen MR) is 66.1 cm³/mol. The zero-order chi connectivity index (χ0) is 13.0. The van der Waals surface area contributed by atoms with Crippen molar-refractivity contribution in [1.82, 2.24) is 9.97 Å². The first kappa shape index (κ1) is 12.1. The van der Waals surface area contributed by atoms with Crippen molar-refractivity contribution in [3.8, 4) is 5.75 Å². The number of anilines is 3. The number of nitrogens with one attached hydrogen (secondary N) is 2. The summed E-state index contributed by atoms with van der Waals surface area (Å²) >= 11 is 0. The van der Waals surface area contributed by atoms with E-state index < -0.39 is 5.82 Å². The van der Waals surface area contributed by atoms with Gasteiger partial charge in [0.1, 0.15) is 0 Å². The molecule has 1 heterocycles. The Morgan fingerprint density at radius 2 is 2.06 bits per heavy atom. The Hall–Kier alpha value is -2.41. The van der Waals surface area contributed by atoms with Gasteiger partial charge in [-0.25, -0.2) is 15.2 Å². The lowest BCUT2D eigenvalue weighted by molar-refractivity contribution is 0.387. The van der Waals surface area contributed by atoms with Crippen molar-refractivity contribution in [2.45, 2.75) is 0 Å². The lowest BCUT2D eigenvalue weighted by Gasteiger charge is -2.08. The van der Waals surface area contributed by atoms with Crippen molar-refractivity contribution in [1.29, 1.82) is 0 Å². The summed E-state index contributed by atoms with van der Waals surface area (Å²) < 4.78 is 18.1. The highest BCUT2D eigenvalue weighted by atomic mass is 19.1. The highest BCUT2D eigenvalue weighted by Crippen LogP contribution is 2.23. The molecule has 4 N–H and O–H groups in total. The molecule has 7 heteroatoms. The van der Waals surface area contributed by atoms with Crippen molar-refractivity contribution in [3.63, 3.8) is 0 Å². The van der Waals surface area contributed by atoms with Crippen LogP contribution in [0.3, 0.4) is 0 Å². The van der Waals surface area contributed by atoms with Gasteiger partial charge >= 0.3 is 0 Å². The van der Waals surface area contributed by atoms with Crippen LogP contribution in [0.5, 0.6) is 5.75 Å². The number of nitrogen functional groups attached to an aromatic ring is 1. The van der Waals surface area contributed by atoms with Crippen LogP contribution in [0.25, 0.3) is 0 Å². The van der Waals surface area contributed by atoms with Crippen LogP contribution < -0.4 is 21.3 Å². The van der Waals surface area contributed by atoms with Crippen molar-refractivity contribution < 1.29 is 9.13 Å². The lowest BCUT2D eigenvalue weighted by atomic mass is 10.3. The van der Waals surface area contributed by atoms with Gasteiger partial charge in [-0.05, 0) is 12.1 Å². The van der Waals surface area contributed by atoms with Gasteiger partial charge in [0.05, 0.1) is 19.5 Å². The van der Waals surface area contributed by atoms with Gasteiger partial charge in [-0.1, -0.05) is 0 Å². The molecule has 0 fully saturated rings. The number of hydrogen-bond donors (Lipinski definition) is 3. The van der Waals surface area contributed by atoms with E-state index in [4.69, 9.17) is 10.6 Å². The molecule has 0 radical (unpaired) electrons. The van der Waals surface area contributed by atoms with Crippen LogP contribution in [-0.4, -0.2) is 17.1 Å². The summed E-state index contributed by atoms with van der Waals surface area (Å²) in [7, 11) is 1.40. The molecule has 1 aromatic heterocycles. The minimum Gasteiger partial charge on any atom is -0.494 e. The van der Waals surface area contributed by atoms with E-state index in [1.165, 1.54) is 31.6 Å². The van der Waals surface area contributed by atoms with Gasteiger partial charge < -0.3 is 15.5 Å². The molecule has 2 aromatic rings. The van der Waals surface area contributed by atoms with Crippen LogP contribution in [0.4, 0.5) is 21.7 Å². The summed E-state index contributed by atoms with van der Waals surface area (Å²) in [6.45, 7) is 0. The monoisotopic (exact) mass is 249 g/mol. The molecule has 1 aromatic carbocycles. The first-order chi connectivity index (χ1) is 8.72. The number of nitrogens with zero attached hydrogens (tertiary/aromatic N) is 2. The fraction of sp³-hybridized carbons (Fsp3) is 0.0909. The second-order valence-corrected chi connectivity index (χ2v) is 3.41. The molecule has 0 aliphatic rings. The van der Waals surface area contributed by atoms with E-state index in [9.17, 15) is 4.39 Å². The van der Waals surface area contributed by atoms with Gasteiger partial charge in [0.25, 0.3) is 0 Å². The number of hydrazine groups is 1. The van der Waals surface area contributed by atoms with E-state index in [0.717, 1.165) is 0 Å². The summed E-state index contributed by atoms with van der Waals surface area (Å²) in [6.07, 6.45) is 3.01. The molecule has 0 unspecified atom stereocenters. The molecule has 0 aliphatic carbocycles. The smallest absolute Gasteiger partial charge is 0.165 e. The maximum absolute atomic E-state index is 13.2. The summed E-state index contributed by atoms with van der Waals surface area (Å²) in [5, 5.41) is 2.96. The van der Waals surface area contributed by atoms with E-state index in [2.05, 4.69) is 20.7 Å². The minimum atomic E-state index is -0.425. The molecular formula is C11H12FN5O. The second-order valence-electron chi connectivity index (χ2n) is 3.41. The summed E-state index contributed by atoms with van der Waals surface area (Å²) in [5.74, 6) is 5.87. The van der Waals surface area contributed by atoms with E-state index in [1.54, 1.807) is 6.07 Å². The second kappa shape index (κ2) is 5.28. The summed E-state index contributed by atoms with van der Waals surface area (Å²) in [6, 6.07) is 4.40. The molecule has 94 valence electrons. The SMILES string of the molecule is COc1cc(Nc2cncc(NN)n2)ccc1F. The van der Waals surface area contributed by atoms with E-state index in [0.29, 0.717) is 17.3 Å². The molecule has 18 heavy (non-hydrogen) atoms. The number of benzene rings is 1. The molecule has 0 saturated carbocycles. The van der Waals surface area contributed by atoms with Crippen molar-refractivity contribution >= 4 is 17.3 Å². The summed E-state index contributed by atoms with van der Waals surface area (Å²) in [5.41, 5.74) is 3.02. The number of ether oxygens (including phenoxy) is 1. The average molecular weight is 249 g/mol. The van der Waals surface area contributed by atoms with Crippen molar-refractivity contribution in [3.05, 3.63) is 36.4 Å². The molecule has 2 rings (SSSR count). The van der Waals surface area contributed by atoms with Gasteiger partial charge in [-0.15, -0.1) is 0 Å². The molecular weight excluding hydrogens is 237 g/mol. The van der Waals surface area contributed by atoms with Crippen molar-refractivity contribution in [2.75, 3.05) is 17.9 Å². The topological polar surface area (TPSA) is 85.1 Å². The quantitative estimate of drug-likeness (QED) is 0.564. The highest BCUT2D eigenvalue weighted by molar-refractivity contribution is 5.58. The average Bonchev–Trinajstić information content (AvgIpc) is 2.41. The highest BCUT2D eigenvalue weighted by Gasteiger charge is 2.04.